The SMILES string of the molecule is O=C(Cc1cc(F)ccc1Br)OCc1ccc(OCc2ccccc2)cc1. The molecule has 0 fully saturated rings. The van der Waals surface area contributed by atoms with Crippen LogP contribution in [0, 0.1) is 5.82 Å². The van der Waals surface area contributed by atoms with Crippen LogP contribution in [0.3, 0.4) is 0 Å². The third-order valence-electron chi connectivity index (χ3n) is 3.91. The van der Waals surface area contributed by atoms with Crippen LogP contribution in [0.1, 0.15) is 16.7 Å². The van der Waals surface area contributed by atoms with Crippen molar-refractivity contribution in [1.29, 1.82) is 0 Å². The van der Waals surface area contributed by atoms with Gasteiger partial charge in [0.1, 0.15) is 24.8 Å². The second-order valence-corrected chi connectivity index (χ2v) is 6.85. The van der Waals surface area contributed by atoms with Gasteiger partial charge in [0.05, 0.1) is 6.42 Å². The van der Waals surface area contributed by atoms with Gasteiger partial charge in [-0.15, -0.1) is 0 Å². The molecule has 0 bridgehead atoms. The minimum absolute atomic E-state index is 0.0105. The Labute approximate surface area is 165 Å². The predicted octanol–water partition coefficient (Wildman–Crippen LogP) is 5.45. The summed E-state index contributed by atoms with van der Waals surface area (Å²) < 4.78 is 25.0. The van der Waals surface area contributed by atoms with Crippen LogP contribution in [0.15, 0.2) is 77.3 Å². The number of ether oxygens (including phenoxy) is 2. The van der Waals surface area contributed by atoms with Crippen molar-refractivity contribution in [2.45, 2.75) is 19.6 Å². The maximum atomic E-state index is 13.3. The molecule has 3 rings (SSSR count). The summed E-state index contributed by atoms with van der Waals surface area (Å²) in [6.45, 7) is 0.655. The molecule has 27 heavy (non-hydrogen) atoms. The zero-order chi connectivity index (χ0) is 19.1. The molecular weight excluding hydrogens is 411 g/mol. The van der Waals surface area contributed by atoms with E-state index in [1.807, 2.05) is 54.6 Å². The van der Waals surface area contributed by atoms with Crippen LogP contribution in [-0.2, 0) is 29.2 Å². The Bertz CT molecular complexity index is 895. The van der Waals surface area contributed by atoms with Gasteiger partial charge in [-0.2, -0.15) is 0 Å². The maximum Gasteiger partial charge on any atom is 0.310 e. The summed E-state index contributed by atoms with van der Waals surface area (Å²) in [6, 6.07) is 21.5. The van der Waals surface area contributed by atoms with Crippen molar-refractivity contribution in [3.63, 3.8) is 0 Å². The van der Waals surface area contributed by atoms with Crippen LogP contribution in [0.2, 0.25) is 0 Å². The minimum atomic E-state index is -0.411. The molecule has 3 aromatic rings. The lowest BCUT2D eigenvalue weighted by Crippen LogP contribution is -2.08. The van der Waals surface area contributed by atoms with Gasteiger partial charge in [0.25, 0.3) is 0 Å². The summed E-state index contributed by atoms with van der Waals surface area (Å²) >= 11 is 3.31. The fraction of sp³-hybridized carbons (Fsp3) is 0.136. The minimum Gasteiger partial charge on any atom is -0.489 e. The van der Waals surface area contributed by atoms with Crippen LogP contribution in [0.4, 0.5) is 4.39 Å². The molecule has 0 aliphatic rings. The first-order valence-electron chi connectivity index (χ1n) is 8.45. The van der Waals surface area contributed by atoms with E-state index in [1.165, 1.54) is 12.1 Å². The van der Waals surface area contributed by atoms with E-state index < -0.39 is 5.97 Å². The standard InChI is InChI=1S/C22H18BrFO3/c23-21-11-8-19(24)12-18(21)13-22(25)27-15-17-6-9-20(10-7-17)26-14-16-4-2-1-3-5-16/h1-12H,13-15H2. The third-order valence-corrected chi connectivity index (χ3v) is 4.69. The Morgan fingerprint density at radius 2 is 1.59 bits per heavy atom. The van der Waals surface area contributed by atoms with Gasteiger partial charge in [-0.1, -0.05) is 58.4 Å². The number of hydrogen-bond donors (Lipinski definition) is 0. The third kappa shape index (κ3) is 5.93. The molecule has 0 radical (unpaired) electrons. The van der Waals surface area contributed by atoms with Crippen molar-refractivity contribution in [3.8, 4) is 5.75 Å². The number of carbonyl (C=O) groups excluding carboxylic acids is 1. The molecule has 0 aliphatic heterocycles. The quantitative estimate of drug-likeness (QED) is 0.469. The van der Waals surface area contributed by atoms with Crippen LogP contribution < -0.4 is 4.74 Å². The molecule has 0 saturated heterocycles. The average Bonchev–Trinajstić information content (AvgIpc) is 2.69. The Morgan fingerprint density at radius 1 is 0.889 bits per heavy atom. The molecule has 0 unspecified atom stereocenters. The topological polar surface area (TPSA) is 35.5 Å². The molecule has 138 valence electrons. The predicted molar refractivity (Wildman–Crippen MR) is 105 cm³/mol. The molecule has 5 heteroatoms. The smallest absolute Gasteiger partial charge is 0.310 e. The lowest BCUT2D eigenvalue weighted by molar-refractivity contribution is -0.144. The van der Waals surface area contributed by atoms with Gasteiger partial charge in [0.2, 0.25) is 0 Å². The number of halogens is 2. The van der Waals surface area contributed by atoms with E-state index in [4.69, 9.17) is 9.47 Å². The second kappa shape index (κ2) is 9.33. The van der Waals surface area contributed by atoms with Crippen molar-refractivity contribution in [2.24, 2.45) is 0 Å². The van der Waals surface area contributed by atoms with Gasteiger partial charge < -0.3 is 9.47 Å². The largest absolute Gasteiger partial charge is 0.489 e. The van der Waals surface area contributed by atoms with Gasteiger partial charge in [0.15, 0.2) is 0 Å². The zero-order valence-corrected chi connectivity index (χ0v) is 16.1. The zero-order valence-electron chi connectivity index (χ0n) is 14.5. The van der Waals surface area contributed by atoms with E-state index in [0.29, 0.717) is 16.6 Å². The summed E-state index contributed by atoms with van der Waals surface area (Å²) in [7, 11) is 0. The number of rotatable bonds is 7. The molecule has 0 spiro atoms. The summed E-state index contributed by atoms with van der Waals surface area (Å²) in [4.78, 5) is 12.0. The van der Waals surface area contributed by atoms with Crippen molar-refractivity contribution >= 4 is 21.9 Å². The van der Waals surface area contributed by atoms with Crippen molar-refractivity contribution in [2.75, 3.05) is 0 Å². The van der Waals surface area contributed by atoms with Crippen molar-refractivity contribution in [3.05, 3.63) is 99.8 Å². The van der Waals surface area contributed by atoms with Gasteiger partial charge >= 0.3 is 5.97 Å². The summed E-state index contributed by atoms with van der Waals surface area (Å²) in [5.41, 5.74) is 2.51. The van der Waals surface area contributed by atoms with E-state index in [9.17, 15) is 9.18 Å². The molecule has 3 nitrogen and oxygen atoms in total. The number of esters is 1. The first kappa shape index (κ1) is 19.1. The molecule has 0 aliphatic carbocycles. The normalized spacial score (nSPS) is 10.4. The fourth-order valence-corrected chi connectivity index (χ4v) is 2.86. The molecule has 0 atom stereocenters. The number of benzene rings is 3. The molecule has 0 amide bonds. The molecule has 0 saturated carbocycles. The lowest BCUT2D eigenvalue weighted by atomic mass is 10.1. The van der Waals surface area contributed by atoms with Gasteiger partial charge in [0, 0.05) is 4.47 Å². The number of hydrogen-bond acceptors (Lipinski definition) is 3. The Morgan fingerprint density at radius 3 is 2.33 bits per heavy atom. The highest BCUT2D eigenvalue weighted by atomic mass is 79.9. The highest BCUT2D eigenvalue weighted by Crippen LogP contribution is 2.19. The Kier molecular flexibility index (Phi) is 6.60. The van der Waals surface area contributed by atoms with Gasteiger partial charge in [-0.3, -0.25) is 4.79 Å². The van der Waals surface area contributed by atoms with Crippen LogP contribution in [-0.4, -0.2) is 5.97 Å². The molecule has 0 aromatic heterocycles. The molecule has 0 N–H and O–H groups in total. The van der Waals surface area contributed by atoms with Crippen LogP contribution in [0.5, 0.6) is 5.75 Å². The van der Waals surface area contributed by atoms with E-state index in [1.54, 1.807) is 6.07 Å². The lowest BCUT2D eigenvalue weighted by Gasteiger charge is -2.09. The first-order chi connectivity index (χ1) is 13.1. The van der Waals surface area contributed by atoms with E-state index >= 15 is 0 Å². The maximum absolute atomic E-state index is 13.3. The highest BCUT2D eigenvalue weighted by molar-refractivity contribution is 9.10. The fourth-order valence-electron chi connectivity index (χ4n) is 2.47. The van der Waals surface area contributed by atoms with Crippen molar-refractivity contribution in [1.82, 2.24) is 0 Å². The van der Waals surface area contributed by atoms with Gasteiger partial charge in [-0.25, -0.2) is 4.39 Å². The second-order valence-electron chi connectivity index (χ2n) is 5.99. The summed E-state index contributed by atoms with van der Waals surface area (Å²) in [6.07, 6.45) is 0.0105. The first-order valence-corrected chi connectivity index (χ1v) is 9.24. The summed E-state index contributed by atoms with van der Waals surface area (Å²) in [5.74, 6) is -0.0459. The van der Waals surface area contributed by atoms with E-state index in [2.05, 4.69) is 15.9 Å². The Hall–Kier alpha value is -2.66. The highest BCUT2D eigenvalue weighted by Gasteiger charge is 2.09. The van der Waals surface area contributed by atoms with E-state index in [-0.39, 0.29) is 18.8 Å². The molecular formula is C22H18BrFO3. The molecule has 3 aromatic carbocycles. The van der Waals surface area contributed by atoms with Crippen LogP contribution in [0.25, 0.3) is 0 Å². The molecule has 0 heterocycles. The number of carbonyl (C=O) groups is 1. The summed E-state index contributed by atoms with van der Waals surface area (Å²) in [5, 5.41) is 0. The van der Waals surface area contributed by atoms with Crippen molar-refractivity contribution < 1.29 is 18.7 Å². The van der Waals surface area contributed by atoms with Gasteiger partial charge in [-0.05, 0) is 47.0 Å². The van der Waals surface area contributed by atoms with Crippen LogP contribution >= 0.6 is 15.9 Å². The van der Waals surface area contributed by atoms with E-state index in [0.717, 1.165) is 16.9 Å². The average molecular weight is 429 g/mol. The Balaban J connectivity index is 1.48. The monoisotopic (exact) mass is 428 g/mol.